The second kappa shape index (κ2) is 4.15. The van der Waals surface area contributed by atoms with E-state index < -0.39 is 0 Å². The SMILES string of the molecule is CN1CCC(C#CC(C)(C)C)CC1. The summed E-state index contributed by atoms with van der Waals surface area (Å²) < 4.78 is 0. The van der Waals surface area contributed by atoms with Crippen LogP contribution in [-0.2, 0) is 0 Å². The zero-order valence-corrected chi connectivity index (χ0v) is 9.35. The molecule has 0 aromatic carbocycles. The van der Waals surface area contributed by atoms with E-state index in [0.29, 0.717) is 5.92 Å². The van der Waals surface area contributed by atoms with Gasteiger partial charge in [0.2, 0.25) is 0 Å². The largest absolute Gasteiger partial charge is 0.306 e. The topological polar surface area (TPSA) is 3.24 Å². The minimum atomic E-state index is 0.170. The normalized spacial score (nSPS) is 20.9. The summed E-state index contributed by atoms with van der Waals surface area (Å²) in [5, 5.41) is 0. The second-order valence-corrected chi connectivity index (χ2v) is 5.10. The Morgan fingerprint density at radius 1 is 1.15 bits per heavy atom. The molecular formula is C12H21N. The highest BCUT2D eigenvalue weighted by molar-refractivity contribution is 5.10. The molecule has 13 heavy (non-hydrogen) atoms. The standard InChI is InChI=1S/C12H21N/c1-12(2,3)8-5-11-6-9-13(4)10-7-11/h11H,6-7,9-10H2,1-4H3. The molecule has 0 amide bonds. The molecule has 1 aliphatic rings. The molecule has 0 unspecified atom stereocenters. The Morgan fingerprint density at radius 2 is 1.69 bits per heavy atom. The maximum atomic E-state index is 3.41. The van der Waals surface area contributed by atoms with Crippen LogP contribution in [0.3, 0.4) is 0 Å². The number of likely N-dealkylation sites (tertiary alicyclic amines) is 1. The Labute approximate surface area is 82.5 Å². The Hall–Kier alpha value is -0.480. The summed E-state index contributed by atoms with van der Waals surface area (Å²) in [6.07, 6.45) is 2.50. The second-order valence-electron chi connectivity index (χ2n) is 5.10. The minimum absolute atomic E-state index is 0.170. The monoisotopic (exact) mass is 179 g/mol. The third-order valence-electron chi connectivity index (χ3n) is 2.37. The zero-order chi connectivity index (χ0) is 9.90. The van der Waals surface area contributed by atoms with Gasteiger partial charge in [0, 0.05) is 11.3 Å². The molecule has 74 valence electrons. The predicted molar refractivity (Wildman–Crippen MR) is 57.5 cm³/mol. The van der Waals surface area contributed by atoms with E-state index in [9.17, 15) is 0 Å². The third kappa shape index (κ3) is 4.33. The molecule has 1 saturated heterocycles. The highest BCUT2D eigenvalue weighted by Crippen LogP contribution is 2.17. The van der Waals surface area contributed by atoms with E-state index in [1.165, 1.54) is 25.9 Å². The van der Waals surface area contributed by atoms with Gasteiger partial charge in [0.1, 0.15) is 0 Å². The smallest absolute Gasteiger partial charge is 0.0230 e. The molecule has 1 aliphatic heterocycles. The minimum Gasteiger partial charge on any atom is -0.306 e. The van der Waals surface area contributed by atoms with Crippen molar-refractivity contribution in [3.8, 4) is 11.8 Å². The first-order valence-electron chi connectivity index (χ1n) is 5.18. The average Bonchev–Trinajstić information content (AvgIpc) is 2.02. The molecule has 1 nitrogen and oxygen atoms in total. The van der Waals surface area contributed by atoms with Gasteiger partial charge in [0.15, 0.2) is 0 Å². The van der Waals surface area contributed by atoms with Crippen molar-refractivity contribution in [1.82, 2.24) is 4.90 Å². The van der Waals surface area contributed by atoms with Crippen molar-refractivity contribution < 1.29 is 0 Å². The summed E-state index contributed by atoms with van der Waals surface area (Å²) in [4.78, 5) is 2.38. The summed E-state index contributed by atoms with van der Waals surface area (Å²) in [5.74, 6) is 7.39. The number of piperidine rings is 1. The van der Waals surface area contributed by atoms with Crippen LogP contribution in [0, 0.1) is 23.2 Å². The first-order valence-corrected chi connectivity index (χ1v) is 5.18. The lowest BCUT2D eigenvalue weighted by Crippen LogP contribution is -2.29. The number of hydrogen-bond acceptors (Lipinski definition) is 1. The molecule has 0 atom stereocenters. The molecule has 0 aromatic heterocycles. The lowest BCUT2D eigenvalue weighted by atomic mass is 9.93. The maximum Gasteiger partial charge on any atom is 0.0230 e. The lowest BCUT2D eigenvalue weighted by molar-refractivity contribution is 0.248. The fourth-order valence-electron chi connectivity index (χ4n) is 1.47. The van der Waals surface area contributed by atoms with Crippen LogP contribution in [0.15, 0.2) is 0 Å². The van der Waals surface area contributed by atoms with Crippen molar-refractivity contribution in [3.05, 3.63) is 0 Å². The van der Waals surface area contributed by atoms with E-state index in [4.69, 9.17) is 0 Å². The van der Waals surface area contributed by atoms with E-state index in [1.54, 1.807) is 0 Å². The van der Waals surface area contributed by atoms with Crippen LogP contribution in [0.25, 0.3) is 0 Å². The van der Waals surface area contributed by atoms with E-state index in [-0.39, 0.29) is 5.41 Å². The van der Waals surface area contributed by atoms with Crippen molar-refractivity contribution >= 4 is 0 Å². The molecule has 1 fully saturated rings. The lowest BCUT2D eigenvalue weighted by Gasteiger charge is -2.26. The van der Waals surface area contributed by atoms with Gasteiger partial charge >= 0.3 is 0 Å². The Bertz CT molecular complexity index is 206. The highest BCUT2D eigenvalue weighted by atomic mass is 15.1. The molecular weight excluding hydrogens is 158 g/mol. The average molecular weight is 179 g/mol. The molecule has 1 heterocycles. The summed E-state index contributed by atoms with van der Waals surface area (Å²) in [5.41, 5.74) is 0.170. The molecule has 0 N–H and O–H groups in total. The molecule has 1 rings (SSSR count). The van der Waals surface area contributed by atoms with Crippen LogP contribution in [0.4, 0.5) is 0 Å². The van der Waals surface area contributed by atoms with Crippen LogP contribution in [-0.4, -0.2) is 25.0 Å². The molecule has 0 saturated carbocycles. The van der Waals surface area contributed by atoms with Gasteiger partial charge in [0.25, 0.3) is 0 Å². The third-order valence-corrected chi connectivity index (χ3v) is 2.37. The van der Waals surface area contributed by atoms with Crippen molar-refractivity contribution in [2.24, 2.45) is 11.3 Å². The van der Waals surface area contributed by atoms with Crippen molar-refractivity contribution in [3.63, 3.8) is 0 Å². The molecule has 0 radical (unpaired) electrons. The maximum absolute atomic E-state index is 3.41. The van der Waals surface area contributed by atoms with E-state index >= 15 is 0 Å². The van der Waals surface area contributed by atoms with Crippen molar-refractivity contribution in [2.45, 2.75) is 33.6 Å². The summed E-state index contributed by atoms with van der Waals surface area (Å²) >= 11 is 0. The van der Waals surface area contributed by atoms with Crippen LogP contribution in [0.1, 0.15) is 33.6 Å². The number of rotatable bonds is 0. The van der Waals surface area contributed by atoms with Gasteiger partial charge in [-0.1, -0.05) is 11.8 Å². The van der Waals surface area contributed by atoms with Gasteiger partial charge in [-0.25, -0.2) is 0 Å². The molecule has 0 aromatic rings. The fraction of sp³-hybridized carbons (Fsp3) is 0.833. The summed E-state index contributed by atoms with van der Waals surface area (Å²) in [6, 6.07) is 0. The van der Waals surface area contributed by atoms with Crippen molar-refractivity contribution in [2.75, 3.05) is 20.1 Å². The van der Waals surface area contributed by atoms with Gasteiger partial charge < -0.3 is 4.90 Å². The highest BCUT2D eigenvalue weighted by Gasteiger charge is 2.14. The summed E-state index contributed by atoms with van der Waals surface area (Å²) in [7, 11) is 2.19. The Kier molecular flexibility index (Phi) is 3.39. The van der Waals surface area contributed by atoms with Gasteiger partial charge in [-0.05, 0) is 53.8 Å². The van der Waals surface area contributed by atoms with Gasteiger partial charge in [-0.2, -0.15) is 0 Å². The van der Waals surface area contributed by atoms with Gasteiger partial charge in [-0.15, -0.1) is 0 Å². The van der Waals surface area contributed by atoms with Crippen LogP contribution < -0.4 is 0 Å². The molecule has 1 heteroatoms. The summed E-state index contributed by atoms with van der Waals surface area (Å²) in [6.45, 7) is 8.95. The van der Waals surface area contributed by atoms with Crippen LogP contribution >= 0.6 is 0 Å². The molecule has 0 bridgehead atoms. The first-order chi connectivity index (χ1) is 5.97. The predicted octanol–water partition coefficient (Wildman–Crippen LogP) is 2.38. The fourth-order valence-corrected chi connectivity index (χ4v) is 1.47. The van der Waals surface area contributed by atoms with E-state index in [2.05, 4.69) is 44.6 Å². The molecule has 0 spiro atoms. The van der Waals surface area contributed by atoms with E-state index in [1.807, 2.05) is 0 Å². The van der Waals surface area contributed by atoms with Gasteiger partial charge in [-0.3, -0.25) is 0 Å². The quantitative estimate of drug-likeness (QED) is 0.516. The van der Waals surface area contributed by atoms with Crippen molar-refractivity contribution in [1.29, 1.82) is 0 Å². The molecule has 0 aliphatic carbocycles. The van der Waals surface area contributed by atoms with Crippen LogP contribution in [0.2, 0.25) is 0 Å². The first kappa shape index (κ1) is 10.6. The number of hydrogen-bond donors (Lipinski definition) is 0. The van der Waals surface area contributed by atoms with E-state index in [0.717, 1.165) is 0 Å². The van der Waals surface area contributed by atoms with Crippen LogP contribution in [0.5, 0.6) is 0 Å². The number of nitrogens with zero attached hydrogens (tertiary/aromatic N) is 1. The zero-order valence-electron chi connectivity index (χ0n) is 9.35. The Morgan fingerprint density at radius 3 is 2.15 bits per heavy atom. The van der Waals surface area contributed by atoms with Gasteiger partial charge in [0.05, 0.1) is 0 Å². The Balaban J connectivity index is 2.41.